The summed E-state index contributed by atoms with van der Waals surface area (Å²) in [4.78, 5) is 4.80. The molecule has 0 atom stereocenters. The molecule has 2 heterocycles. The SMILES string of the molecule is CCc1nc2cc(OC)c(OC)cc2c2nnc(-c3ccccc3Cl)n12. The van der Waals surface area contributed by atoms with E-state index in [0.29, 0.717) is 28.0 Å². The summed E-state index contributed by atoms with van der Waals surface area (Å²) in [7, 11) is 3.21. The van der Waals surface area contributed by atoms with Crippen molar-refractivity contribution in [1.29, 1.82) is 0 Å². The number of rotatable bonds is 4. The van der Waals surface area contributed by atoms with Crippen molar-refractivity contribution in [3.63, 3.8) is 0 Å². The van der Waals surface area contributed by atoms with Crippen LogP contribution in [0.5, 0.6) is 11.5 Å². The predicted molar refractivity (Wildman–Crippen MR) is 101 cm³/mol. The molecule has 0 radical (unpaired) electrons. The monoisotopic (exact) mass is 368 g/mol. The molecule has 7 heteroatoms. The summed E-state index contributed by atoms with van der Waals surface area (Å²) in [6.07, 6.45) is 0.719. The van der Waals surface area contributed by atoms with Gasteiger partial charge in [0, 0.05) is 23.4 Å². The Hall–Kier alpha value is -2.86. The molecule has 0 aliphatic carbocycles. The molecule has 132 valence electrons. The third-order valence-electron chi connectivity index (χ3n) is 4.34. The largest absolute Gasteiger partial charge is 0.493 e. The van der Waals surface area contributed by atoms with Gasteiger partial charge in [0.05, 0.1) is 24.8 Å². The van der Waals surface area contributed by atoms with Crippen molar-refractivity contribution >= 4 is 28.2 Å². The number of benzene rings is 2. The average molecular weight is 369 g/mol. The molecule has 0 fully saturated rings. The highest BCUT2D eigenvalue weighted by Crippen LogP contribution is 2.35. The van der Waals surface area contributed by atoms with Crippen molar-refractivity contribution in [3.8, 4) is 22.9 Å². The molecule has 6 nitrogen and oxygen atoms in total. The maximum atomic E-state index is 6.38. The Kier molecular flexibility index (Phi) is 4.12. The van der Waals surface area contributed by atoms with Crippen molar-refractivity contribution in [1.82, 2.24) is 19.6 Å². The molecule has 0 aliphatic rings. The molecule has 0 unspecified atom stereocenters. The second-order valence-corrected chi connectivity index (χ2v) is 6.18. The highest BCUT2D eigenvalue weighted by molar-refractivity contribution is 6.33. The highest BCUT2D eigenvalue weighted by atomic mass is 35.5. The van der Waals surface area contributed by atoms with Gasteiger partial charge in [-0.1, -0.05) is 30.7 Å². The molecular formula is C19H17ClN4O2. The second-order valence-electron chi connectivity index (χ2n) is 5.77. The first-order chi connectivity index (χ1) is 12.7. The van der Waals surface area contributed by atoms with Crippen LogP contribution in [0, 0.1) is 0 Å². The van der Waals surface area contributed by atoms with Gasteiger partial charge in [0.2, 0.25) is 0 Å². The summed E-state index contributed by atoms with van der Waals surface area (Å²) in [6, 6.07) is 11.3. The summed E-state index contributed by atoms with van der Waals surface area (Å²) in [5.41, 5.74) is 2.31. The van der Waals surface area contributed by atoms with Crippen LogP contribution in [0.1, 0.15) is 12.7 Å². The van der Waals surface area contributed by atoms with E-state index < -0.39 is 0 Å². The van der Waals surface area contributed by atoms with Crippen molar-refractivity contribution < 1.29 is 9.47 Å². The van der Waals surface area contributed by atoms with E-state index in [1.54, 1.807) is 14.2 Å². The fourth-order valence-corrected chi connectivity index (χ4v) is 3.31. The molecule has 2 aromatic heterocycles. The first-order valence-corrected chi connectivity index (χ1v) is 8.60. The smallest absolute Gasteiger partial charge is 0.172 e. The first kappa shape index (κ1) is 16.6. The summed E-state index contributed by atoms with van der Waals surface area (Å²) in [5.74, 6) is 2.77. The van der Waals surface area contributed by atoms with Crippen LogP contribution in [0.2, 0.25) is 5.02 Å². The van der Waals surface area contributed by atoms with E-state index in [4.69, 9.17) is 26.1 Å². The van der Waals surface area contributed by atoms with Gasteiger partial charge < -0.3 is 9.47 Å². The summed E-state index contributed by atoms with van der Waals surface area (Å²) >= 11 is 6.38. The van der Waals surface area contributed by atoms with Gasteiger partial charge >= 0.3 is 0 Å². The Morgan fingerprint density at radius 2 is 1.77 bits per heavy atom. The van der Waals surface area contributed by atoms with E-state index >= 15 is 0 Å². The minimum atomic E-state index is 0.621. The minimum absolute atomic E-state index is 0.621. The number of hydrogen-bond acceptors (Lipinski definition) is 5. The van der Waals surface area contributed by atoms with E-state index in [0.717, 1.165) is 28.7 Å². The molecule has 0 saturated heterocycles. The zero-order valence-corrected chi connectivity index (χ0v) is 15.4. The highest BCUT2D eigenvalue weighted by Gasteiger charge is 2.19. The zero-order valence-electron chi connectivity index (χ0n) is 14.7. The molecule has 0 N–H and O–H groups in total. The van der Waals surface area contributed by atoms with Crippen molar-refractivity contribution in [3.05, 3.63) is 47.2 Å². The van der Waals surface area contributed by atoms with E-state index in [9.17, 15) is 0 Å². The van der Waals surface area contributed by atoms with E-state index in [-0.39, 0.29) is 0 Å². The van der Waals surface area contributed by atoms with Crippen LogP contribution in [-0.4, -0.2) is 33.8 Å². The molecule has 0 aliphatic heterocycles. The molecular weight excluding hydrogens is 352 g/mol. The van der Waals surface area contributed by atoms with Gasteiger partial charge in [0.1, 0.15) is 5.82 Å². The average Bonchev–Trinajstić information content (AvgIpc) is 3.11. The third-order valence-corrected chi connectivity index (χ3v) is 4.67. The Bertz CT molecular complexity index is 1120. The zero-order chi connectivity index (χ0) is 18.3. The second kappa shape index (κ2) is 6.46. The van der Waals surface area contributed by atoms with Gasteiger partial charge in [-0.05, 0) is 18.2 Å². The maximum absolute atomic E-state index is 6.38. The van der Waals surface area contributed by atoms with Crippen LogP contribution in [0.15, 0.2) is 36.4 Å². The van der Waals surface area contributed by atoms with Gasteiger partial charge in [-0.3, -0.25) is 4.40 Å². The van der Waals surface area contributed by atoms with Crippen LogP contribution in [0.3, 0.4) is 0 Å². The molecule has 0 saturated carbocycles. The molecule has 0 amide bonds. The van der Waals surface area contributed by atoms with Crippen molar-refractivity contribution in [2.45, 2.75) is 13.3 Å². The van der Waals surface area contributed by atoms with Gasteiger partial charge in [-0.25, -0.2) is 4.98 Å². The van der Waals surface area contributed by atoms with Gasteiger partial charge in [-0.2, -0.15) is 0 Å². The molecule has 26 heavy (non-hydrogen) atoms. The summed E-state index contributed by atoms with van der Waals surface area (Å²) in [5, 5.41) is 10.3. The van der Waals surface area contributed by atoms with Crippen LogP contribution in [0.4, 0.5) is 0 Å². The number of methoxy groups -OCH3 is 2. The van der Waals surface area contributed by atoms with Crippen LogP contribution in [0.25, 0.3) is 27.9 Å². The number of aromatic nitrogens is 4. The van der Waals surface area contributed by atoms with Crippen molar-refractivity contribution in [2.75, 3.05) is 14.2 Å². The molecule has 0 bridgehead atoms. The molecule has 4 aromatic rings. The summed E-state index contributed by atoms with van der Waals surface area (Å²) in [6.45, 7) is 2.05. The van der Waals surface area contributed by atoms with Crippen molar-refractivity contribution in [2.24, 2.45) is 0 Å². The lowest BCUT2D eigenvalue weighted by Gasteiger charge is -2.12. The standard InChI is InChI=1S/C19H17ClN4O2/c1-4-17-21-14-10-16(26-3)15(25-2)9-12(14)19-23-22-18(24(17)19)11-7-5-6-8-13(11)20/h5-10H,4H2,1-3H3. The van der Waals surface area contributed by atoms with Gasteiger partial charge in [-0.15, -0.1) is 10.2 Å². The molecule has 0 spiro atoms. The Morgan fingerprint density at radius 1 is 1.04 bits per heavy atom. The van der Waals surface area contributed by atoms with E-state index in [2.05, 4.69) is 10.2 Å². The number of fused-ring (bicyclic) bond motifs is 3. The Balaban J connectivity index is 2.10. The number of ether oxygens (including phenoxy) is 2. The quantitative estimate of drug-likeness (QED) is 0.540. The number of hydrogen-bond donors (Lipinski definition) is 0. The number of aryl methyl sites for hydroxylation is 1. The normalized spacial score (nSPS) is 11.2. The van der Waals surface area contributed by atoms with Gasteiger partial charge in [0.25, 0.3) is 0 Å². The summed E-state index contributed by atoms with van der Waals surface area (Å²) < 4.78 is 12.8. The van der Waals surface area contributed by atoms with E-state index in [1.165, 1.54) is 0 Å². The molecule has 4 rings (SSSR count). The minimum Gasteiger partial charge on any atom is -0.493 e. The van der Waals surface area contributed by atoms with Crippen LogP contribution < -0.4 is 9.47 Å². The van der Waals surface area contributed by atoms with E-state index in [1.807, 2.05) is 47.7 Å². The topological polar surface area (TPSA) is 61.5 Å². The lowest BCUT2D eigenvalue weighted by atomic mass is 10.2. The van der Waals surface area contributed by atoms with Crippen LogP contribution in [-0.2, 0) is 6.42 Å². The van der Waals surface area contributed by atoms with Gasteiger partial charge in [0.15, 0.2) is 23.0 Å². The maximum Gasteiger partial charge on any atom is 0.172 e. The molecule has 2 aromatic carbocycles. The predicted octanol–water partition coefficient (Wildman–Crippen LogP) is 4.18. The third kappa shape index (κ3) is 2.45. The fourth-order valence-electron chi connectivity index (χ4n) is 3.09. The lowest BCUT2D eigenvalue weighted by Crippen LogP contribution is -2.03. The Labute approximate surface area is 155 Å². The fraction of sp³-hybridized carbons (Fsp3) is 0.211. The number of halogens is 1. The van der Waals surface area contributed by atoms with Crippen LogP contribution >= 0.6 is 11.6 Å². The first-order valence-electron chi connectivity index (χ1n) is 8.22. The lowest BCUT2D eigenvalue weighted by molar-refractivity contribution is 0.356. The number of nitrogens with zero attached hydrogens (tertiary/aromatic N) is 4. The Morgan fingerprint density at radius 3 is 2.46 bits per heavy atom.